The lowest BCUT2D eigenvalue weighted by Crippen LogP contribution is -2.11. The van der Waals surface area contributed by atoms with Crippen molar-refractivity contribution in [2.45, 2.75) is 6.54 Å². The second-order valence-electron chi connectivity index (χ2n) is 5.51. The number of rotatable bonds is 4. The minimum Gasteiger partial charge on any atom is -0.366 e. The first-order valence-corrected chi connectivity index (χ1v) is 8.42. The molecule has 25 heavy (non-hydrogen) atoms. The van der Waals surface area contributed by atoms with Crippen LogP contribution in [0.4, 0.5) is 0 Å². The fourth-order valence-corrected chi connectivity index (χ4v) is 3.38. The summed E-state index contributed by atoms with van der Waals surface area (Å²) in [5, 5.41) is 9.38. The summed E-state index contributed by atoms with van der Waals surface area (Å²) in [6, 6.07) is 7.11. The highest BCUT2D eigenvalue weighted by molar-refractivity contribution is 9.10. The first-order chi connectivity index (χ1) is 12.0. The Morgan fingerprint density at radius 3 is 2.92 bits per heavy atom. The van der Waals surface area contributed by atoms with E-state index in [1.807, 2.05) is 12.1 Å². The topological polar surface area (TPSA) is 103 Å². The van der Waals surface area contributed by atoms with Crippen molar-refractivity contribution in [2.24, 2.45) is 5.73 Å². The maximum absolute atomic E-state index is 11.7. The fraction of sp³-hybridized carbons (Fsp3) is 0.0625. The third-order valence-electron chi connectivity index (χ3n) is 3.80. The lowest BCUT2D eigenvalue weighted by Gasteiger charge is -2.04. The molecular formula is C16H11BrClN5O2. The summed E-state index contributed by atoms with van der Waals surface area (Å²) in [7, 11) is 0. The van der Waals surface area contributed by atoms with Crippen LogP contribution in [0.2, 0.25) is 5.02 Å². The normalized spacial score (nSPS) is 11.3. The van der Waals surface area contributed by atoms with Crippen molar-refractivity contribution in [3.63, 3.8) is 0 Å². The first kappa shape index (κ1) is 15.9. The molecular weight excluding hydrogens is 410 g/mol. The van der Waals surface area contributed by atoms with Crippen molar-refractivity contribution in [1.82, 2.24) is 19.9 Å². The molecule has 0 fully saturated rings. The van der Waals surface area contributed by atoms with Crippen LogP contribution in [-0.4, -0.2) is 25.8 Å². The average Bonchev–Trinajstić information content (AvgIpc) is 3.26. The van der Waals surface area contributed by atoms with Gasteiger partial charge in [-0.3, -0.25) is 9.48 Å². The van der Waals surface area contributed by atoms with Gasteiger partial charge >= 0.3 is 0 Å². The van der Waals surface area contributed by atoms with Crippen molar-refractivity contribution in [3.05, 3.63) is 57.5 Å². The first-order valence-electron chi connectivity index (χ1n) is 7.25. The van der Waals surface area contributed by atoms with Gasteiger partial charge in [-0.1, -0.05) is 16.8 Å². The van der Waals surface area contributed by atoms with Crippen molar-refractivity contribution >= 4 is 44.3 Å². The highest BCUT2D eigenvalue weighted by Gasteiger charge is 2.16. The van der Waals surface area contributed by atoms with E-state index in [2.05, 4.69) is 31.2 Å². The van der Waals surface area contributed by atoms with Crippen molar-refractivity contribution < 1.29 is 9.32 Å². The molecule has 0 unspecified atom stereocenters. The van der Waals surface area contributed by atoms with E-state index < -0.39 is 5.91 Å². The highest BCUT2D eigenvalue weighted by atomic mass is 79.9. The van der Waals surface area contributed by atoms with Gasteiger partial charge in [0.2, 0.25) is 0 Å². The lowest BCUT2D eigenvalue weighted by atomic mass is 10.1. The van der Waals surface area contributed by atoms with Gasteiger partial charge in [0.1, 0.15) is 10.9 Å². The van der Waals surface area contributed by atoms with E-state index in [0.29, 0.717) is 27.3 Å². The standard InChI is InChI=1S/C16H11BrClN5O2/c17-14-4-13(23(22-14)6-8-5-20-25-7-8)12-2-9-1-10(18)3-11(16(19)24)15(9)21-12/h1-5,7,21H,6H2,(H2,19,24). The number of aromatic amines is 1. The number of halogens is 2. The molecule has 4 rings (SSSR count). The number of hydrogen-bond acceptors (Lipinski definition) is 4. The number of fused-ring (bicyclic) bond motifs is 1. The number of nitrogens with one attached hydrogen (secondary N) is 1. The molecule has 3 N–H and O–H groups in total. The van der Waals surface area contributed by atoms with Gasteiger partial charge in [0.25, 0.3) is 5.91 Å². The summed E-state index contributed by atoms with van der Waals surface area (Å²) in [5.41, 5.74) is 8.95. The zero-order valence-corrected chi connectivity index (χ0v) is 15.0. The van der Waals surface area contributed by atoms with E-state index in [4.69, 9.17) is 21.9 Å². The number of carbonyl (C=O) groups is 1. The molecule has 7 nitrogen and oxygen atoms in total. The molecule has 0 aliphatic rings. The third kappa shape index (κ3) is 2.94. The summed E-state index contributed by atoms with van der Waals surface area (Å²) in [6.07, 6.45) is 3.20. The van der Waals surface area contributed by atoms with Gasteiger partial charge in [-0.2, -0.15) is 5.10 Å². The Kier molecular flexibility index (Phi) is 3.85. The third-order valence-corrected chi connectivity index (χ3v) is 4.41. The predicted octanol–water partition coefficient (Wildman–Crippen LogP) is 3.58. The number of hydrogen-bond donors (Lipinski definition) is 2. The second-order valence-corrected chi connectivity index (χ2v) is 6.76. The molecule has 0 aliphatic carbocycles. The minimum atomic E-state index is -0.542. The van der Waals surface area contributed by atoms with Gasteiger partial charge in [-0.25, -0.2) is 0 Å². The van der Waals surface area contributed by atoms with Crippen LogP contribution >= 0.6 is 27.5 Å². The SMILES string of the molecule is NC(=O)c1cc(Cl)cc2cc(-c3cc(Br)nn3Cc3cnoc3)[nH]c12. The predicted molar refractivity (Wildman–Crippen MR) is 96.4 cm³/mol. The van der Waals surface area contributed by atoms with Crippen molar-refractivity contribution in [2.75, 3.05) is 0 Å². The Morgan fingerprint density at radius 2 is 2.20 bits per heavy atom. The number of H-pyrrole nitrogens is 1. The molecule has 3 heterocycles. The number of nitrogens with zero attached hydrogens (tertiary/aromatic N) is 3. The number of nitrogens with two attached hydrogens (primary N) is 1. The molecule has 0 saturated heterocycles. The zero-order chi connectivity index (χ0) is 17.6. The molecule has 0 spiro atoms. The summed E-state index contributed by atoms with van der Waals surface area (Å²) >= 11 is 9.49. The molecule has 1 amide bonds. The Hall–Kier alpha value is -2.58. The molecule has 0 atom stereocenters. The molecule has 4 aromatic rings. The molecule has 0 aliphatic heterocycles. The molecule has 126 valence electrons. The average molecular weight is 421 g/mol. The van der Waals surface area contributed by atoms with Crippen LogP contribution in [0.15, 0.2) is 45.9 Å². The fourth-order valence-electron chi connectivity index (χ4n) is 2.74. The molecule has 0 bridgehead atoms. The number of primary amides is 1. The Balaban J connectivity index is 1.85. The van der Waals surface area contributed by atoms with E-state index in [9.17, 15) is 4.79 Å². The summed E-state index contributed by atoms with van der Waals surface area (Å²) < 4.78 is 7.35. The van der Waals surface area contributed by atoms with E-state index in [0.717, 1.165) is 22.3 Å². The van der Waals surface area contributed by atoms with Gasteiger partial charge < -0.3 is 15.2 Å². The number of carbonyl (C=O) groups excluding carboxylic acids is 1. The molecule has 0 saturated carbocycles. The van der Waals surface area contributed by atoms with Crippen molar-refractivity contribution in [1.29, 1.82) is 0 Å². The largest absolute Gasteiger partial charge is 0.366 e. The summed E-state index contributed by atoms with van der Waals surface area (Å²) in [5.74, 6) is -0.542. The van der Waals surface area contributed by atoms with Crippen LogP contribution < -0.4 is 5.73 Å². The van der Waals surface area contributed by atoms with Crippen molar-refractivity contribution in [3.8, 4) is 11.4 Å². The van der Waals surface area contributed by atoms with Crippen LogP contribution in [0.5, 0.6) is 0 Å². The van der Waals surface area contributed by atoms with Gasteiger partial charge in [0.05, 0.1) is 35.2 Å². The Bertz CT molecular complexity index is 1080. The number of aromatic nitrogens is 4. The maximum atomic E-state index is 11.7. The minimum absolute atomic E-state index is 0.345. The van der Waals surface area contributed by atoms with Gasteiger partial charge in [0.15, 0.2) is 0 Å². The van der Waals surface area contributed by atoms with Gasteiger partial charge in [0, 0.05) is 22.0 Å². The van der Waals surface area contributed by atoms with Gasteiger partial charge in [-0.05, 0) is 34.1 Å². The summed E-state index contributed by atoms with van der Waals surface area (Å²) in [6.45, 7) is 0.489. The van der Waals surface area contributed by atoms with E-state index in [1.165, 1.54) is 0 Å². The molecule has 1 aromatic carbocycles. The highest BCUT2D eigenvalue weighted by Crippen LogP contribution is 2.30. The number of benzene rings is 1. The van der Waals surface area contributed by atoms with Gasteiger partial charge in [-0.15, -0.1) is 0 Å². The second kappa shape index (κ2) is 6.05. The molecule has 3 aromatic heterocycles. The van der Waals surface area contributed by atoms with E-state index >= 15 is 0 Å². The Morgan fingerprint density at radius 1 is 1.36 bits per heavy atom. The molecule has 9 heteroatoms. The van der Waals surface area contributed by atoms with Crippen LogP contribution in [0, 0.1) is 0 Å². The monoisotopic (exact) mass is 419 g/mol. The van der Waals surface area contributed by atoms with Crippen LogP contribution in [-0.2, 0) is 6.54 Å². The van der Waals surface area contributed by atoms with E-state index in [1.54, 1.807) is 29.3 Å². The van der Waals surface area contributed by atoms with Crippen LogP contribution in [0.1, 0.15) is 15.9 Å². The smallest absolute Gasteiger partial charge is 0.250 e. The molecule has 0 radical (unpaired) electrons. The summed E-state index contributed by atoms with van der Waals surface area (Å²) in [4.78, 5) is 14.9. The van der Waals surface area contributed by atoms with E-state index in [-0.39, 0.29) is 0 Å². The van der Waals surface area contributed by atoms with Crippen LogP contribution in [0.3, 0.4) is 0 Å². The van der Waals surface area contributed by atoms with Crippen LogP contribution in [0.25, 0.3) is 22.3 Å². The zero-order valence-electron chi connectivity index (χ0n) is 12.7. The lowest BCUT2D eigenvalue weighted by molar-refractivity contribution is 0.100. The maximum Gasteiger partial charge on any atom is 0.250 e. The quantitative estimate of drug-likeness (QED) is 0.526. The Labute approximate surface area is 154 Å². The number of amides is 1.